The highest BCUT2D eigenvalue weighted by Gasteiger charge is 2.42. The highest BCUT2D eigenvalue weighted by Crippen LogP contribution is 2.30. The lowest BCUT2D eigenvalue weighted by Crippen LogP contribution is -2.46. The Labute approximate surface area is 124 Å². The maximum Gasteiger partial charge on any atom is 0.269 e. The Bertz CT molecular complexity index is 627. The SMILES string of the molecule is CCN(Cc1ccc([N+](=O)[O-])cc1)[C@@]1(C)CCS(=O)(=O)C1. The Balaban J connectivity index is 2.14. The minimum absolute atomic E-state index is 0.0662. The van der Waals surface area contributed by atoms with Crippen LogP contribution in [-0.4, -0.2) is 41.8 Å². The first-order valence-corrected chi connectivity index (χ1v) is 8.77. The van der Waals surface area contributed by atoms with Crippen LogP contribution >= 0.6 is 0 Å². The van der Waals surface area contributed by atoms with Crippen molar-refractivity contribution in [3.63, 3.8) is 0 Å². The number of nitro groups is 1. The van der Waals surface area contributed by atoms with Crippen LogP contribution in [0.25, 0.3) is 0 Å². The first-order chi connectivity index (χ1) is 9.76. The maximum absolute atomic E-state index is 11.7. The number of nitro benzene ring substituents is 1. The molecule has 1 atom stereocenters. The fraction of sp³-hybridized carbons (Fsp3) is 0.571. The zero-order valence-electron chi connectivity index (χ0n) is 12.3. The first kappa shape index (κ1) is 15.9. The van der Waals surface area contributed by atoms with Gasteiger partial charge in [0.05, 0.1) is 16.4 Å². The highest BCUT2D eigenvalue weighted by molar-refractivity contribution is 7.91. The lowest BCUT2D eigenvalue weighted by molar-refractivity contribution is -0.384. The van der Waals surface area contributed by atoms with E-state index in [9.17, 15) is 18.5 Å². The summed E-state index contributed by atoms with van der Waals surface area (Å²) in [6.07, 6.45) is 0.635. The minimum Gasteiger partial charge on any atom is -0.293 e. The van der Waals surface area contributed by atoms with Crippen LogP contribution < -0.4 is 0 Å². The zero-order valence-corrected chi connectivity index (χ0v) is 13.1. The fourth-order valence-electron chi connectivity index (χ4n) is 2.87. The quantitative estimate of drug-likeness (QED) is 0.613. The molecule has 6 nitrogen and oxygen atoms in total. The van der Waals surface area contributed by atoms with Crippen molar-refractivity contribution in [1.29, 1.82) is 0 Å². The smallest absolute Gasteiger partial charge is 0.269 e. The molecule has 0 radical (unpaired) electrons. The summed E-state index contributed by atoms with van der Waals surface area (Å²) in [7, 11) is -2.95. The number of benzene rings is 1. The van der Waals surface area contributed by atoms with Gasteiger partial charge in [-0.1, -0.05) is 19.1 Å². The summed E-state index contributed by atoms with van der Waals surface area (Å²) < 4.78 is 23.5. The van der Waals surface area contributed by atoms with Crippen molar-refractivity contribution in [2.45, 2.75) is 32.4 Å². The molecular formula is C14H20N2O4S. The van der Waals surface area contributed by atoms with Crippen molar-refractivity contribution in [3.8, 4) is 0 Å². The van der Waals surface area contributed by atoms with Gasteiger partial charge in [0.25, 0.3) is 5.69 Å². The largest absolute Gasteiger partial charge is 0.293 e. The predicted octanol–water partition coefficient (Wildman–Crippen LogP) is 1.99. The van der Waals surface area contributed by atoms with E-state index in [2.05, 4.69) is 4.90 Å². The Kier molecular flexibility index (Phi) is 4.34. The maximum atomic E-state index is 11.7. The van der Waals surface area contributed by atoms with Gasteiger partial charge in [0.2, 0.25) is 0 Å². The number of non-ortho nitro benzene ring substituents is 1. The van der Waals surface area contributed by atoms with Crippen molar-refractivity contribution >= 4 is 15.5 Å². The summed E-state index contributed by atoms with van der Waals surface area (Å²) in [5.74, 6) is 0.418. The third kappa shape index (κ3) is 3.59. The second-order valence-electron chi connectivity index (χ2n) is 5.78. The van der Waals surface area contributed by atoms with Crippen LogP contribution in [0.1, 0.15) is 25.8 Å². The number of sulfone groups is 1. The molecule has 1 heterocycles. The topological polar surface area (TPSA) is 80.5 Å². The number of hydrogen-bond donors (Lipinski definition) is 0. The molecule has 0 unspecified atom stereocenters. The van der Waals surface area contributed by atoms with Gasteiger partial charge in [0.15, 0.2) is 9.84 Å². The molecular weight excluding hydrogens is 292 g/mol. The minimum atomic E-state index is -2.95. The molecule has 21 heavy (non-hydrogen) atoms. The lowest BCUT2D eigenvalue weighted by Gasteiger charge is -2.36. The molecule has 116 valence electrons. The molecule has 7 heteroatoms. The summed E-state index contributed by atoms with van der Waals surface area (Å²) in [4.78, 5) is 12.4. The third-order valence-electron chi connectivity index (χ3n) is 4.15. The molecule has 1 aliphatic rings. The molecule has 0 aliphatic carbocycles. The molecule has 0 N–H and O–H groups in total. The fourth-order valence-corrected chi connectivity index (χ4v) is 5.04. The van der Waals surface area contributed by atoms with Gasteiger partial charge in [-0.25, -0.2) is 8.42 Å². The van der Waals surface area contributed by atoms with Crippen LogP contribution in [0.3, 0.4) is 0 Å². The summed E-state index contributed by atoms with van der Waals surface area (Å²) in [6.45, 7) is 5.32. The van der Waals surface area contributed by atoms with Gasteiger partial charge in [-0.2, -0.15) is 0 Å². The molecule has 1 aliphatic heterocycles. The Hall–Kier alpha value is -1.47. The van der Waals surface area contributed by atoms with Gasteiger partial charge < -0.3 is 0 Å². The summed E-state index contributed by atoms with van der Waals surface area (Å²) >= 11 is 0. The Morgan fingerprint density at radius 1 is 1.33 bits per heavy atom. The van der Waals surface area contributed by atoms with Gasteiger partial charge in [-0.3, -0.25) is 15.0 Å². The molecule has 1 aromatic rings. The van der Waals surface area contributed by atoms with Gasteiger partial charge in [-0.15, -0.1) is 0 Å². The van der Waals surface area contributed by atoms with E-state index in [1.54, 1.807) is 12.1 Å². The van der Waals surface area contributed by atoms with Crippen LogP contribution in [0.4, 0.5) is 5.69 Å². The highest BCUT2D eigenvalue weighted by atomic mass is 32.2. The van der Waals surface area contributed by atoms with Crippen LogP contribution in [0.5, 0.6) is 0 Å². The van der Waals surface area contributed by atoms with Crippen LogP contribution in [0, 0.1) is 10.1 Å². The second-order valence-corrected chi connectivity index (χ2v) is 7.96. The summed E-state index contributed by atoms with van der Waals surface area (Å²) in [5.41, 5.74) is 0.666. The van der Waals surface area contributed by atoms with Crippen molar-refractivity contribution in [1.82, 2.24) is 4.90 Å². The molecule has 1 fully saturated rings. The van der Waals surface area contributed by atoms with E-state index in [0.29, 0.717) is 13.0 Å². The molecule has 0 bridgehead atoms. The van der Waals surface area contributed by atoms with Gasteiger partial charge in [0.1, 0.15) is 0 Å². The van der Waals surface area contributed by atoms with Crippen molar-refractivity contribution < 1.29 is 13.3 Å². The standard InChI is InChI=1S/C14H20N2O4S/c1-3-15(14(2)8-9-21(19,20)11-14)10-12-4-6-13(7-5-12)16(17)18/h4-7H,3,8-11H2,1-2H3/t14-/m0/s1. The average molecular weight is 312 g/mol. The third-order valence-corrected chi connectivity index (χ3v) is 6.04. The second kappa shape index (κ2) is 5.73. The molecule has 0 aromatic heterocycles. The van der Waals surface area contributed by atoms with Crippen molar-refractivity contribution in [2.24, 2.45) is 0 Å². The van der Waals surface area contributed by atoms with Crippen molar-refractivity contribution in [2.75, 3.05) is 18.1 Å². The molecule has 2 rings (SSSR count). The number of nitrogens with zero attached hydrogens (tertiary/aromatic N) is 2. The molecule has 0 amide bonds. The zero-order chi connectivity index (χ0) is 15.7. The van der Waals surface area contributed by atoms with E-state index in [4.69, 9.17) is 0 Å². The van der Waals surface area contributed by atoms with E-state index in [-0.39, 0.29) is 22.7 Å². The summed E-state index contributed by atoms with van der Waals surface area (Å²) in [6, 6.07) is 6.43. The van der Waals surface area contributed by atoms with Crippen molar-refractivity contribution in [3.05, 3.63) is 39.9 Å². The predicted molar refractivity (Wildman–Crippen MR) is 80.9 cm³/mol. The number of hydrogen-bond acceptors (Lipinski definition) is 5. The normalized spacial score (nSPS) is 24.3. The molecule has 0 saturated carbocycles. The van der Waals surface area contributed by atoms with E-state index in [1.807, 2.05) is 13.8 Å². The monoisotopic (exact) mass is 312 g/mol. The molecule has 0 spiro atoms. The van der Waals surface area contributed by atoms with Crippen LogP contribution in [0.15, 0.2) is 24.3 Å². The molecule has 1 saturated heterocycles. The first-order valence-electron chi connectivity index (χ1n) is 6.94. The Morgan fingerprint density at radius 2 is 1.95 bits per heavy atom. The van der Waals surface area contributed by atoms with E-state index < -0.39 is 14.8 Å². The number of rotatable bonds is 5. The van der Waals surface area contributed by atoms with Crippen LogP contribution in [0.2, 0.25) is 0 Å². The Morgan fingerprint density at radius 3 is 2.38 bits per heavy atom. The van der Waals surface area contributed by atoms with E-state index in [1.165, 1.54) is 12.1 Å². The van der Waals surface area contributed by atoms with Gasteiger partial charge in [-0.05, 0) is 25.5 Å². The van der Waals surface area contributed by atoms with Crippen LogP contribution in [-0.2, 0) is 16.4 Å². The summed E-state index contributed by atoms with van der Waals surface area (Å²) in [5, 5.41) is 10.7. The van der Waals surface area contributed by atoms with Gasteiger partial charge >= 0.3 is 0 Å². The van der Waals surface area contributed by atoms with E-state index in [0.717, 1.165) is 12.1 Å². The average Bonchev–Trinajstić information content (AvgIpc) is 2.71. The molecule has 1 aromatic carbocycles. The van der Waals surface area contributed by atoms with Gasteiger partial charge in [0, 0.05) is 24.2 Å². The lowest BCUT2D eigenvalue weighted by atomic mass is 9.98. The van der Waals surface area contributed by atoms with E-state index >= 15 is 0 Å².